The molecule has 5 heteroatoms. The van der Waals surface area contributed by atoms with Gasteiger partial charge in [-0.1, -0.05) is 30.3 Å². The lowest BCUT2D eigenvalue weighted by Crippen LogP contribution is -3.14. The van der Waals surface area contributed by atoms with Crippen molar-refractivity contribution in [1.29, 1.82) is 0 Å². The monoisotopic (exact) mass is 315 g/mol. The molecule has 0 spiro atoms. The Morgan fingerprint density at radius 1 is 1.14 bits per heavy atom. The van der Waals surface area contributed by atoms with Gasteiger partial charge in [-0.05, 0) is 13.2 Å². The number of likely N-dealkylation sites (N-methyl/N-ethyl adjacent to an activating group) is 1. The molecule has 0 radical (unpaired) electrons. The van der Waals surface area contributed by atoms with Crippen molar-refractivity contribution in [2.24, 2.45) is 0 Å². The molecular formula is C17H23N4S+. The number of hydrogen-bond acceptors (Lipinski definition) is 4. The minimum atomic E-state index is 0.827. The average Bonchev–Trinajstić information content (AvgIpc) is 2.62. The summed E-state index contributed by atoms with van der Waals surface area (Å²) in [6.45, 7) is 7.99. The molecule has 1 fully saturated rings. The summed E-state index contributed by atoms with van der Waals surface area (Å²) in [7, 11) is 0. The summed E-state index contributed by atoms with van der Waals surface area (Å²) in [4.78, 5) is 13.6. The lowest BCUT2D eigenvalue weighted by Gasteiger charge is -2.32. The molecule has 4 nitrogen and oxygen atoms in total. The zero-order valence-corrected chi connectivity index (χ0v) is 14.1. The third-order valence-electron chi connectivity index (χ3n) is 4.22. The summed E-state index contributed by atoms with van der Waals surface area (Å²) in [6.07, 6.45) is 2.07. The van der Waals surface area contributed by atoms with Crippen molar-refractivity contribution in [3.63, 3.8) is 0 Å². The summed E-state index contributed by atoms with van der Waals surface area (Å²) in [6, 6.07) is 12.4. The van der Waals surface area contributed by atoms with E-state index < -0.39 is 0 Å². The summed E-state index contributed by atoms with van der Waals surface area (Å²) in [5.74, 6) is 1.89. The smallest absolute Gasteiger partial charge is 0.162 e. The minimum absolute atomic E-state index is 0.827. The van der Waals surface area contributed by atoms with Crippen LogP contribution in [-0.4, -0.2) is 48.9 Å². The summed E-state index contributed by atoms with van der Waals surface area (Å²) >= 11 is 1.68. The SMILES string of the molecule is CC[NH+]1CCN(c2cc(SC)nc(-c3ccccc3)n2)CC1. The Kier molecular flexibility index (Phi) is 4.95. The first kappa shape index (κ1) is 15.3. The van der Waals surface area contributed by atoms with Crippen molar-refractivity contribution in [3.8, 4) is 11.4 Å². The Hall–Kier alpha value is -1.59. The molecule has 1 aromatic heterocycles. The van der Waals surface area contributed by atoms with E-state index in [-0.39, 0.29) is 0 Å². The van der Waals surface area contributed by atoms with Gasteiger partial charge in [0.1, 0.15) is 10.8 Å². The van der Waals surface area contributed by atoms with Gasteiger partial charge in [-0.15, -0.1) is 11.8 Å². The van der Waals surface area contributed by atoms with Crippen molar-refractivity contribution < 1.29 is 4.90 Å². The van der Waals surface area contributed by atoms with Crippen molar-refractivity contribution in [2.75, 3.05) is 43.9 Å². The molecule has 0 bridgehead atoms. The van der Waals surface area contributed by atoms with Gasteiger partial charge < -0.3 is 9.80 Å². The van der Waals surface area contributed by atoms with Crippen LogP contribution in [0.2, 0.25) is 0 Å². The predicted molar refractivity (Wildman–Crippen MR) is 92.7 cm³/mol. The van der Waals surface area contributed by atoms with E-state index in [0.717, 1.165) is 35.3 Å². The van der Waals surface area contributed by atoms with Crippen LogP contribution < -0.4 is 9.80 Å². The molecule has 1 N–H and O–H groups in total. The van der Waals surface area contributed by atoms with E-state index in [4.69, 9.17) is 4.98 Å². The molecule has 1 aromatic carbocycles. The lowest BCUT2D eigenvalue weighted by atomic mass is 10.2. The van der Waals surface area contributed by atoms with E-state index in [0.29, 0.717) is 0 Å². The second-order valence-electron chi connectivity index (χ2n) is 5.55. The summed E-state index contributed by atoms with van der Waals surface area (Å²) in [5.41, 5.74) is 1.08. The molecule has 1 saturated heterocycles. The quantitative estimate of drug-likeness (QED) is 0.686. The first-order valence-corrected chi connectivity index (χ1v) is 9.09. The van der Waals surface area contributed by atoms with Gasteiger partial charge in [0.2, 0.25) is 0 Å². The first-order valence-electron chi connectivity index (χ1n) is 7.87. The van der Waals surface area contributed by atoms with Crippen molar-refractivity contribution >= 4 is 17.6 Å². The number of piperazine rings is 1. The predicted octanol–water partition coefficient (Wildman–Crippen LogP) is 1.59. The second kappa shape index (κ2) is 7.11. The number of aromatic nitrogens is 2. The highest BCUT2D eigenvalue weighted by molar-refractivity contribution is 7.98. The maximum absolute atomic E-state index is 4.82. The van der Waals surface area contributed by atoms with E-state index >= 15 is 0 Å². The van der Waals surface area contributed by atoms with E-state index in [1.807, 2.05) is 18.2 Å². The molecule has 0 saturated carbocycles. The molecule has 2 heterocycles. The van der Waals surface area contributed by atoms with E-state index in [2.05, 4.69) is 41.3 Å². The molecule has 1 aliphatic heterocycles. The number of benzene rings is 1. The molecule has 1 aliphatic rings. The lowest BCUT2D eigenvalue weighted by molar-refractivity contribution is -0.898. The van der Waals surface area contributed by atoms with Gasteiger partial charge in [0, 0.05) is 11.6 Å². The molecule has 2 aromatic rings. The van der Waals surface area contributed by atoms with Crippen molar-refractivity contribution in [2.45, 2.75) is 11.9 Å². The largest absolute Gasteiger partial charge is 0.345 e. The number of nitrogens with zero attached hydrogens (tertiary/aromatic N) is 3. The Labute approximate surface area is 136 Å². The summed E-state index contributed by atoms with van der Waals surface area (Å²) in [5, 5.41) is 1.04. The number of thioether (sulfide) groups is 1. The number of hydrogen-bond donors (Lipinski definition) is 1. The zero-order valence-electron chi connectivity index (χ0n) is 13.2. The zero-order chi connectivity index (χ0) is 15.4. The fourth-order valence-electron chi connectivity index (χ4n) is 2.80. The molecule has 0 aliphatic carbocycles. The van der Waals surface area contributed by atoms with E-state index in [1.165, 1.54) is 19.6 Å². The Morgan fingerprint density at radius 3 is 2.50 bits per heavy atom. The van der Waals surface area contributed by atoms with Crippen LogP contribution in [0.4, 0.5) is 5.82 Å². The van der Waals surface area contributed by atoms with Crippen molar-refractivity contribution in [1.82, 2.24) is 9.97 Å². The van der Waals surface area contributed by atoms with Gasteiger partial charge >= 0.3 is 0 Å². The molecule has 116 valence electrons. The number of anilines is 1. The van der Waals surface area contributed by atoms with Crippen LogP contribution in [0, 0.1) is 0 Å². The highest BCUT2D eigenvalue weighted by Crippen LogP contribution is 2.24. The molecule has 3 rings (SSSR count). The van der Waals surface area contributed by atoms with Gasteiger partial charge in [0.15, 0.2) is 5.82 Å². The Balaban J connectivity index is 1.88. The van der Waals surface area contributed by atoms with Gasteiger partial charge in [0.25, 0.3) is 0 Å². The van der Waals surface area contributed by atoms with Crippen LogP contribution in [-0.2, 0) is 0 Å². The van der Waals surface area contributed by atoms with Crippen LogP contribution >= 0.6 is 11.8 Å². The molecule has 0 unspecified atom stereocenters. The number of rotatable bonds is 4. The third kappa shape index (κ3) is 3.42. The van der Waals surface area contributed by atoms with Gasteiger partial charge in [-0.25, -0.2) is 9.97 Å². The Bertz CT molecular complexity index is 609. The molecule has 0 amide bonds. The third-order valence-corrected chi connectivity index (χ3v) is 4.85. The topological polar surface area (TPSA) is 33.5 Å². The highest BCUT2D eigenvalue weighted by Gasteiger charge is 2.20. The van der Waals surface area contributed by atoms with Crippen LogP contribution in [0.3, 0.4) is 0 Å². The Morgan fingerprint density at radius 2 is 1.86 bits per heavy atom. The van der Waals surface area contributed by atoms with Crippen LogP contribution in [0.15, 0.2) is 41.4 Å². The fraction of sp³-hybridized carbons (Fsp3) is 0.412. The van der Waals surface area contributed by atoms with E-state index in [1.54, 1.807) is 16.7 Å². The normalized spacial score (nSPS) is 16.0. The maximum atomic E-state index is 4.82. The molecule has 0 atom stereocenters. The minimum Gasteiger partial charge on any atom is -0.345 e. The molecule has 22 heavy (non-hydrogen) atoms. The number of nitrogens with one attached hydrogen (secondary N) is 1. The van der Waals surface area contributed by atoms with Crippen molar-refractivity contribution in [3.05, 3.63) is 36.4 Å². The summed E-state index contributed by atoms with van der Waals surface area (Å²) < 4.78 is 0. The van der Waals surface area contributed by atoms with Crippen LogP contribution in [0.25, 0.3) is 11.4 Å². The van der Waals surface area contributed by atoms with Crippen LogP contribution in [0.5, 0.6) is 0 Å². The molecular weight excluding hydrogens is 292 g/mol. The fourth-order valence-corrected chi connectivity index (χ4v) is 3.20. The van der Waals surface area contributed by atoms with E-state index in [9.17, 15) is 0 Å². The standard InChI is InChI=1S/C17H22N4S/c1-3-20-9-11-21(12-10-20)15-13-16(22-2)19-17(18-15)14-7-5-4-6-8-14/h4-8,13H,3,9-12H2,1-2H3/p+1. The van der Waals surface area contributed by atoms with Crippen LogP contribution in [0.1, 0.15) is 6.92 Å². The maximum Gasteiger partial charge on any atom is 0.162 e. The van der Waals surface area contributed by atoms with Gasteiger partial charge in [-0.3, -0.25) is 0 Å². The average molecular weight is 315 g/mol. The highest BCUT2D eigenvalue weighted by atomic mass is 32.2. The number of quaternary nitrogens is 1. The van der Waals surface area contributed by atoms with Gasteiger partial charge in [0.05, 0.1) is 32.7 Å². The van der Waals surface area contributed by atoms with Gasteiger partial charge in [-0.2, -0.15) is 0 Å². The second-order valence-corrected chi connectivity index (χ2v) is 6.38. The first-order chi connectivity index (χ1) is 10.8.